The predicted octanol–water partition coefficient (Wildman–Crippen LogP) is 5.18. The molecule has 0 saturated heterocycles. The van der Waals surface area contributed by atoms with Gasteiger partial charge in [-0.15, -0.1) is 5.10 Å². The van der Waals surface area contributed by atoms with Gasteiger partial charge in [0.1, 0.15) is 0 Å². The van der Waals surface area contributed by atoms with Crippen molar-refractivity contribution in [3.8, 4) is 17.3 Å². The summed E-state index contributed by atoms with van der Waals surface area (Å²) in [5.74, 6) is 1.45. The van der Waals surface area contributed by atoms with E-state index in [1.165, 1.54) is 4.68 Å². The molecule has 6 nitrogen and oxygen atoms in total. The second kappa shape index (κ2) is 7.43. The summed E-state index contributed by atoms with van der Waals surface area (Å²) >= 11 is 17.7. The van der Waals surface area contributed by atoms with Gasteiger partial charge in [0.25, 0.3) is 0 Å². The van der Waals surface area contributed by atoms with Crippen molar-refractivity contribution in [1.29, 1.82) is 0 Å². The Hall–Kier alpha value is -2.09. The minimum absolute atomic E-state index is 0.0327. The lowest BCUT2D eigenvalue weighted by Gasteiger charge is -2.13. The summed E-state index contributed by atoms with van der Waals surface area (Å²) in [7, 11) is 0. The van der Waals surface area contributed by atoms with E-state index < -0.39 is 0 Å². The average molecular weight is 397 g/mol. The van der Waals surface area contributed by atoms with E-state index in [1.807, 2.05) is 13.8 Å². The van der Waals surface area contributed by atoms with Crippen LogP contribution in [0.3, 0.4) is 0 Å². The van der Waals surface area contributed by atoms with E-state index in [9.17, 15) is 0 Å². The lowest BCUT2D eigenvalue weighted by Crippen LogP contribution is -2.06. The number of H-pyrrole nitrogens is 1. The first kappa shape index (κ1) is 17.7. The summed E-state index contributed by atoms with van der Waals surface area (Å²) in [6.45, 7) is 3.80. The standard InChI is InChI=1S/C16H14Cl2N4O2S/c1-9(2)24-14-11(17)6-10(7-12(14)18)8-19-22-15(20-21-16(22)25)13-4-3-5-23-13/h3-9H,1-2H3,(H,21,25)/b19-8-. The molecule has 2 aromatic heterocycles. The zero-order valence-electron chi connectivity index (χ0n) is 13.4. The molecule has 0 aliphatic rings. The molecule has 9 heteroatoms. The minimum atomic E-state index is -0.0327. The van der Waals surface area contributed by atoms with Crippen LogP contribution in [0.25, 0.3) is 11.6 Å². The van der Waals surface area contributed by atoms with E-state index in [0.29, 0.717) is 37.7 Å². The molecule has 0 radical (unpaired) electrons. The van der Waals surface area contributed by atoms with Crippen molar-refractivity contribution >= 4 is 41.6 Å². The molecule has 0 spiro atoms. The smallest absolute Gasteiger partial charge is 0.219 e. The first-order chi connectivity index (χ1) is 12.0. The van der Waals surface area contributed by atoms with Crippen LogP contribution in [-0.4, -0.2) is 27.2 Å². The number of benzene rings is 1. The average Bonchev–Trinajstić information content (AvgIpc) is 3.18. The summed E-state index contributed by atoms with van der Waals surface area (Å²) < 4.78 is 12.7. The maximum atomic E-state index is 6.25. The topological polar surface area (TPSA) is 68.3 Å². The van der Waals surface area contributed by atoms with Gasteiger partial charge in [0.15, 0.2) is 11.5 Å². The third-order valence-corrected chi connectivity index (χ3v) is 3.91. The Labute approximate surface area is 159 Å². The van der Waals surface area contributed by atoms with Crippen LogP contribution in [0.5, 0.6) is 5.75 Å². The molecule has 130 valence electrons. The molecule has 0 aliphatic carbocycles. The van der Waals surface area contributed by atoms with Gasteiger partial charge in [0.2, 0.25) is 10.6 Å². The fraction of sp³-hybridized carbons (Fsp3) is 0.188. The van der Waals surface area contributed by atoms with Crippen LogP contribution in [0, 0.1) is 4.77 Å². The molecule has 25 heavy (non-hydrogen) atoms. The SMILES string of the molecule is CC(C)Oc1c(Cl)cc(/C=N\n2c(-c3ccco3)n[nH]c2=S)cc1Cl. The molecule has 3 rings (SSSR count). The molecule has 0 bridgehead atoms. The summed E-state index contributed by atoms with van der Waals surface area (Å²) in [5, 5.41) is 12.0. The highest BCUT2D eigenvalue weighted by atomic mass is 35.5. The van der Waals surface area contributed by atoms with Crippen LogP contribution in [0.1, 0.15) is 19.4 Å². The maximum Gasteiger partial charge on any atom is 0.219 e. The molecule has 0 atom stereocenters. The number of nitrogens with one attached hydrogen (secondary N) is 1. The van der Waals surface area contributed by atoms with Gasteiger partial charge in [-0.25, -0.2) is 5.10 Å². The van der Waals surface area contributed by atoms with Gasteiger partial charge in [-0.1, -0.05) is 23.2 Å². The van der Waals surface area contributed by atoms with Gasteiger partial charge >= 0.3 is 0 Å². The van der Waals surface area contributed by atoms with E-state index >= 15 is 0 Å². The van der Waals surface area contributed by atoms with Crippen molar-refractivity contribution in [3.63, 3.8) is 0 Å². The van der Waals surface area contributed by atoms with Crippen molar-refractivity contribution in [2.45, 2.75) is 20.0 Å². The third kappa shape index (κ3) is 3.95. The molecule has 0 saturated carbocycles. The molecule has 0 amide bonds. The molecule has 1 N–H and O–H groups in total. The molecule has 3 aromatic rings. The lowest BCUT2D eigenvalue weighted by atomic mass is 10.2. The van der Waals surface area contributed by atoms with E-state index in [1.54, 1.807) is 36.7 Å². The quantitative estimate of drug-likeness (QED) is 0.476. The molecule has 1 aromatic carbocycles. The lowest BCUT2D eigenvalue weighted by molar-refractivity contribution is 0.243. The largest absolute Gasteiger partial charge is 0.488 e. The fourth-order valence-corrected chi connectivity index (χ4v) is 2.86. The van der Waals surface area contributed by atoms with Crippen molar-refractivity contribution in [3.05, 3.63) is 50.9 Å². The van der Waals surface area contributed by atoms with E-state index in [4.69, 9.17) is 44.6 Å². The summed E-state index contributed by atoms with van der Waals surface area (Å²) in [4.78, 5) is 0. The Kier molecular flexibility index (Phi) is 5.27. The van der Waals surface area contributed by atoms with E-state index in [2.05, 4.69) is 15.3 Å². The van der Waals surface area contributed by atoms with Crippen LogP contribution in [0.2, 0.25) is 10.0 Å². The molecule has 0 aliphatic heterocycles. The first-order valence-electron chi connectivity index (χ1n) is 7.37. The van der Waals surface area contributed by atoms with Gasteiger partial charge in [0.05, 0.1) is 28.6 Å². The highest BCUT2D eigenvalue weighted by molar-refractivity contribution is 7.71. The monoisotopic (exact) mass is 396 g/mol. The Morgan fingerprint density at radius 3 is 2.68 bits per heavy atom. The highest BCUT2D eigenvalue weighted by Gasteiger charge is 2.12. The van der Waals surface area contributed by atoms with Gasteiger partial charge in [0, 0.05) is 0 Å². The maximum absolute atomic E-state index is 6.25. The van der Waals surface area contributed by atoms with Gasteiger partial charge in [-0.2, -0.15) is 9.78 Å². The second-order valence-corrected chi connectivity index (χ2v) is 6.57. The number of aromatic amines is 1. The zero-order chi connectivity index (χ0) is 18.0. The van der Waals surface area contributed by atoms with Gasteiger partial charge < -0.3 is 9.15 Å². The number of nitrogens with zero attached hydrogens (tertiary/aromatic N) is 3. The van der Waals surface area contributed by atoms with Gasteiger partial charge in [-0.3, -0.25) is 0 Å². The molecule has 2 heterocycles. The zero-order valence-corrected chi connectivity index (χ0v) is 15.7. The number of aromatic nitrogens is 3. The number of furan rings is 1. The molecule has 0 unspecified atom stereocenters. The highest BCUT2D eigenvalue weighted by Crippen LogP contribution is 2.34. The van der Waals surface area contributed by atoms with Crippen LogP contribution >= 0.6 is 35.4 Å². The second-order valence-electron chi connectivity index (χ2n) is 5.37. The van der Waals surface area contributed by atoms with E-state index in [-0.39, 0.29) is 6.10 Å². The molecular weight excluding hydrogens is 383 g/mol. The Balaban J connectivity index is 1.94. The fourth-order valence-electron chi connectivity index (χ4n) is 2.09. The number of halogens is 2. The first-order valence-corrected chi connectivity index (χ1v) is 8.53. The normalized spacial score (nSPS) is 11.6. The van der Waals surface area contributed by atoms with Crippen molar-refractivity contribution in [1.82, 2.24) is 14.9 Å². The summed E-state index contributed by atoms with van der Waals surface area (Å²) in [6.07, 6.45) is 3.10. The van der Waals surface area contributed by atoms with Crippen LogP contribution < -0.4 is 4.74 Å². The predicted molar refractivity (Wildman–Crippen MR) is 100 cm³/mol. The minimum Gasteiger partial charge on any atom is -0.488 e. The Morgan fingerprint density at radius 2 is 2.08 bits per heavy atom. The van der Waals surface area contributed by atoms with Crippen molar-refractivity contribution in [2.24, 2.45) is 5.10 Å². The van der Waals surface area contributed by atoms with E-state index in [0.717, 1.165) is 0 Å². The Bertz CT molecular complexity index is 938. The number of ether oxygens (including phenoxy) is 1. The van der Waals surface area contributed by atoms with Crippen LogP contribution in [-0.2, 0) is 0 Å². The number of hydrogen-bond acceptors (Lipinski definition) is 5. The third-order valence-electron chi connectivity index (χ3n) is 3.09. The Morgan fingerprint density at radius 1 is 1.36 bits per heavy atom. The summed E-state index contributed by atoms with van der Waals surface area (Å²) in [6, 6.07) is 6.95. The number of rotatable bonds is 5. The summed E-state index contributed by atoms with van der Waals surface area (Å²) in [5.41, 5.74) is 0.694. The molecule has 0 fully saturated rings. The van der Waals surface area contributed by atoms with Crippen LogP contribution in [0.15, 0.2) is 40.0 Å². The van der Waals surface area contributed by atoms with Gasteiger partial charge in [-0.05, 0) is 55.9 Å². The van der Waals surface area contributed by atoms with Crippen LogP contribution in [0.4, 0.5) is 0 Å². The molecular formula is C16H14Cl2N4O2S. The van der Waals surface area contributed by atoms with Crippen molar-refractivity contribution < 1.29 is 9.15 Å². The number of hydrogen-bond donors (Lipinski definition) is 1. The van der Waals surface area contributed by atoms with Crippen molar-refractivity contribution in [2.75, 3.05) is 0 Å².